The lowest BCUT2D eigenvalue weighted by atomic mass is 10.1. The second-order valence-electron chi connectivity index (χ2n) is 7.00. The van der Waals surface area contributed by atoms with Crippen molar-refractivity contribution in [1.29, 1.82) is 0 Å². The van der Waals surface area contributed by atoms with Crippen LogP contribution in [-0.2, 0) is 14.3 Å². The van der Waals surface area contributed by atoms with Crippen molar-refractivity contribution in [3.8, 4) is 0 Å². The van der Waals surface area contributed by atoms with Crippen LogP contribution in [0.2, 0.25) is 0 Å². The summed E-state index contributed by atoms with van der Waals surface area (Å²) in [4.78, 5) is 38.9. The Hall–Kier alpha value is -2.95. The number of ether oxygens (including phenoxy) is 1. The normalized spacial score (nSPS) is 17.7. The minimum absolute atomic E-state index is 0.0958. The van der Waals surface area contributed by atoms with Crippen LogP contribution < -0.4 is 4.90 Å². The monoisotopic (exact) mass is 365 g/mol. The van der Waals surface area contributed by atoms with E-state index in [2.05, 4.69) is 0 Å². The molecule has 1 aliphatic heterocycles. The molecule has 0 aromatic heterocycles. The van der Waals surface area contributed by atoms with Gasteiger partial charge in [-0.15, -0.1) is 0 Å². The molecule has 5 nitrogen and oxygen atoms in total. The largest absolute Gasteiger partial charge is 0.454 e. The summed E-state index contributed by atoms with van der Waals surface area (Å²) >= 11 is 0. The summed E-state index contributed by atoms with van der Waals surface area (Å²) in [5.74, 6) is -1.43. The molecule has 0 radical (unpaired) electrons. The molecule has 3 rings (SSSR count). The van der Waals surface area contributed by atoms with Crippen molar-refractivity contribution in [3.63, 3.8) is 0 Å². The maximum atomic E-state index is 12.5. The summed E-state index contributed by atoms with van der Waals surface area (Å²) in [5.41, 5.74) is 3.34. The Bertz CT molecular complexity index is 872. The van der Waals surface area contributed by atoms with Gasteiger partial charge in [0.1, 0.15) is 0 Å². The summed E-state index contributed by atoms with van der Waals surface area (Å²) in [5, 5.41) is 0. The number of aryl methyl sites for hydroxylation is 2. The third-order valence-corrected chi connectivity index (χ3v) is 4.86. The second kappa shape index (κ2) is 7.74. The molecule has 1 fully saturated rings. The first kappa shape index (κ1) is 18.8. The van der Waals surface area contributed by atoms with Gasteiger partial charge in [-0.25, -0.2) is 0 Å². The van der Waals surface area contributed by atoms with Gasteiger partial charge < -0.3 is 9.64 Å². The van der Waals surface area contributed by atoms with Crippen LogP contribution in [-0.4, -0.2) is 30.3 Å². The number of carbonyl (C=O) groups is 3. The van der Waals surface area contributed by atoms with Gasteiger partial charge >= 0.3 is 5.97 Å². The van der Waals surface area contributed by atoms with Gasteiger partial charge in [-0.3, -0.25) is 14.4 Å². The fourth-order valence-electron chi connectivity index (χ4n) is 3.24. The highest BCUT2D eigenvalue weighted by molar-refractivity contribution is 6.02. The molecule has 27 heavy (non-hydrogen) atoms. The molecule has 0 bridgehead atoms. The maximum absolute atomic E-state index is 12.5. The van der Waals surface area contributed by atoms with Gasteiger partial charge in [-0.05, 0) is 32.4 Å². The Morgan fingerprint density at radius 3 is 2.41 bits per heavy atom. The van der Waals surface area contributed by atoms with Crippen LogP contribution in [0.5, 0.6) is 0 Å². The van der Waals surface area contributed by atoms with Crippen LogP contribution in [0.3, 0.4) is 0 Å². The zero-order valence-electron chi connectivity index (χ0n) is 15.8. The number of benzene rings is 2. The summed E-state index contributed by atoms with van der Waals surface area (Å²) in [6.07, 6.45) is -0.790. The lowest BCUT2D eigenvalue weighted by molar-refractivity contribution is -0.151. The lowest BCUT2D eigenvalue weighted by Crippen LogP contribution is -2.30. The average molecular weight is 365 g/mol. The molecule has 1 heterocycles. The van der Waals surface area contributed by atoms with E-state index in [1.54, 1.807) is 24.0 Å². The minimum Gasteiger partial charge on any atom is -0.454 e. The molecule has 2 atom stereocenters. The Morgan fingerprint density at radius 2 is 1.74 bits per heavy atom. The van der Waals surface area contributed by atoms with Crippen LogP contribution in [0.15, 0.2) is 48.5 Å². The number of anilines is 1. The molecule has 0 spiro atoms. The second-order valence-corrected chi connectivity index (χ2v) is 7.00. The van der Waals surface area contributed by atoms with Crippen molar-refractivity contribution >= 4 is 23.3 Å². The average Bonchev–Trinajstić information content (AvgIpc) is 3.04. The van der Waals surface area contributed by atoms with Gasteiger partial charge in [-0.1, -0.05) is 48.0 Å². The van der Waals surface area contributed by atoms with Gasteiger partial charge in [-0.2, -0.15) is 0 Å². The number of rotatable bonds is 5. The molecule has 1 amide bonds. The van der Waals surface area contributed by atoms with E-state index in [9.17, 15) is 14.4 Å². The molecule has 0 unspecified atom stereocenters. The molecule has 1 aliphatic rings. The van der Waals surface area contributed by atoms with E-state index < -0.39 is 18.0 Å². The van der Waals surface area contributed by atoms with Crippen molar-refractivity contribution in [3.05, 3.63) is 65.2 Å². The minimum atomic E-state index is -0.886. The Balaban J connectivity index is 1.64. The first-order valence-electron chi connectivity index (χ1n) is 9.04. The predicted molar refractivity (Wildman–Crippen MR) is 103 cm³/mol. The van der Waals surface area contributed by atoms with E-state index in [1.165, 1.54) is 0 Å². The van der Waals surface area contributed by atoms with Gasteiger partial charge in [0.05, 0.1) is 5.92 Å². The third kappa shape index (κ3) is 4.08. The fraction of sp³-hybridized carbons (Fsp3) is 0.318. The van der Waals surface area contributed by atoms with Crippen molar-refractivity contribution in [2.45, 2.75) is 33.3 Å². The predicted octanol–water partition coefficient (Wildman–Crippen LogP) is 3.47. The lowest BCUT2D eigenvalue weighted by Gasteiger charge is -2.19. The van der Waals surface area contributed by atoms with Gasteiger partial charge in [0.15, 0.2) is 6.10 Å². The molecule has 1 saturated heterocycles. The fourth-order valence-corrected chi connectivity index (χ4v) is 3.24. The smallest absolute Gasteiger partial charge is 0.312 e. The summed E-state index contributed by atoms with van der Waals surface area (Å²) in [7, 11) is 0. The highest BCUT2D eigenvalue weighted by Crippen LogP contribution is 2.28. The molecule has 2 aromatic rings. The number of esters is 1. The van der Waals surface area contributed by atoms with Crippen LogP contribution in [0.1, 0.15) is 34.8 Å². The van der Waals surface area contributed by atoms with Gasteiger partial charge in [0.25, 0.3) is 0 Å². The zero-order valence-corrected chi connectivity index (χ0v) is 15.8. The first-order chi connectivity index (χ1) is 12.9. The molecule has 5 heteroatoms. The van der Waals surface area contributed by atoms with E-state index in [1.807, 2.05) is 50.2 Å². The number of nitrogens with zero attached hydrogens (tertiary/aromatic N) is 1. The molecule has 0 saturated carbocycles. The van der Waals surface area contributed by atoms with Crippen LogP contribution in [0, 0.1) is 19.8 Å². The SMILES string of the molecule is Cc1ccc(C(=O)[C@@H](C)OC(=O)[C@H]2CC(=O)N(c3ccccc3C)C2)cc1. The highest BCUT2D eigenvalue weighted by atomic mass is 16.5. The molecule has 0 aliphatic carbocycles. The van der Waals surface area contributed by atoms with Crippen LogP contribution in [0.25, 0.3) is 0 Å². The first-order valence-corrected chi connectivity index (χ1v) is 9.04. The summed E-state index contributed by atoms with van der Waals surface area (Å²) in [6, 6.07) is 14.7. The van der Waals surface area contributed by atoms with E-state index in [0.29, 0.717) is 5.56 Å². The van der Waals surface area contributed by atoms with Crippen LogP contribution >= 0.6 is 0 Å². The molecular formula is C22H23NO4. The molecule has 140 valence electrons. The van der Waals surface area contributed by atoms with Crippen molar-refractivity contribution in [1.82, 2.24) is 0 Å². The number of para-hydroxylation sites is 1. The maximum Gasteiger partial charge on any atom is 0.312 e. The Labute approximate surface area is 158 Å². The van der Waals surface area contributed by atoms with E-state index in [0.717, 1.165) is 16.8 Å². The standard InChI is InChI=1S/C22H23NO4/c1-14-8-10-17(11-9-14)21(25)16(3)27-22(26)18-12-20(24)23(13-18)19-7-5-4-6-15(19)2/h4-11,16,18H,12-13H2,1-3H3/t16-,18+/m1/s1. The van der Waals surface area contributed by atoms with Crippen molar-refractivity contribution in [2.24, 2.45) is 5.92 Å². The number of amides is 1. The topological polar surface area (TPSA) is 63.7 Å². The number of Topliss-reactive ketones (excluding diaryl/α,β-unsaturated/α-hetero) is 1. The third-order valence-electron chi connectivity index (χ3n) is 4.86. The summed E-state index contributed by atoms with van der Waals surface area (Å²) < 4.78 is 5.38. The Morgan fingerprint density at radius 1 is 1.07 bits per heavy atom. The zero-order chi connectivity index (χ0) is 19.6. The van der Waals surface area contributed by atoms with Gasteiger partial charge in [0, 0.05) is 24.2 Å². The summed E-state index contributed by atoms with van der Waals surface area (Å²) in [6.45, 7) is 5.70. The molecule has 2 aromatic carbocycles. The van der Waals surface area contributed by atoms with E-state index in [4.69, 9.17) is 4.74 Å². The quantitative estimate of drug-likeness (QED) is 0.601. The number of ketones is 1. The number of carbonyl (C=O) groups excluding carboxylic acids is 3. The van der Waals surface area contributed by atoms with E-state index in [-0.39, 0.29) is 24.7 Å². The van der Waals surface area contributed by atoms with Gasteiger partial charge in [0.2, 0.25) is 11.7 Å². The van der Waals surface area contributed by atoms with Crippen molar-refractivity contribution in [2.75, 3.05) is 11.4 Å². The number of hydrogen-bond acceptors (Lipinski definition) is 4. The molecular weight excluding hydrogens is 342 g/mol. The van der Waals surface area contributed by atoms with Crippen LogP contribution in [0.4, 0.5) is 5.69 Å². The van der Waals surface area contributed by atoms with Crippen molar-refractivity contribution < 1.29 is 19.1 Å². The molecule has 0 N–H and O–H groups in total. The number of hydrogen-bond donors (Lipinski definition) is 0. The Kier molecular flexibility index (Phi) is 5.40. The van der Waals surface area contributed by atoms with E-state index >= 15 is 0 Å². The highest BCUT2D eigenvalue weighted by Gasteiger charge is 2.37.